The Labute approximate surface area is 162 Å². The maximum Gasteiger partial charge on any atom is 0.0237 e. The van der Waals surface area contributed by atoms with Gasteiger partial charge >= 0.3 is 0 Å². The second-order valence-corrected chi connectivity index (χ2v) is 8.59. The molecule has 0 unspecified atom stereocenters. The van der Waals surface area contributed by atoms with E-state index in [4.69, 9.17) is 0 Å². The van der Waals surface area contributed by atoms with Crippen molar-refractivity contribution in [3.05, 3.63) is 70.8 Å². The second kappa shape index (κ2) is 6.55. The molecule has 26 heavy (non-hydrogen) atoms. The van der Waals surface area contributed by atoms with E-state index in [-0.39, 0.29) is 21.7 Å². The van der Waals surface area contributed by atoms with E-state index in [1.807, 2.05) is 27.7 Å². The molecular formula is C26H38. The zero-order chi connectivity index (χ0) is 20.0. The topological polar surface area (TPSA) is 0 Å². The van der Waals surface area contributed by atoms with Crippen LogP contribution in [-0.4, -0.2) is 0 Å². The van der Waals surface area contributed by atoms with Crippen molar-refractivity contribution < 1.29 is 0 Å². The summed E-state index contributed by atoms with van der Waals surface area (Å²) in [5, 5.41) is 0. The zero-order valence-corrected chi connectivity index (χ0v) is 18.6. The molecule has 2 bridgehead atoms. The largest absolute Gasteiger partial charge is 0.0683 e. The van der Waals surface area contributed by atoms with Gasteiger partial charge in [0.15, 0.2) is 0 Å². The van der Waals surface area contributed by atoms with Crippen LogP contribution < -0.4 is 0 Å². The van der Waals surface area contributed by atoms with E-state index in [0.717, 1.165) is 0 Å². The van der Waals surface area contributed by atoms with E-state index in [9.17, 15) is 0 Å². The van der Waals surface area contributed by atoms with Gasteiger partial charge in [-0.25, -0.2) is 0 Å². The molecule has 5 rings (SSSR count). The van der Waals surface area contributed by atoms with Crippen molar-refractivity contribution in [1.29, 1.82) is 0 Å². The molecule has 3 aliphatic carbocycles. The first-order chi connectivity index (χ1) is 12.2. The van der Waals surface area contributed by atoms with Crippen LogP contribution in [-0.2, 0) is 10.8 Å². The predicted molar refractivity (Wildman–Crippen MR) is 116 cm³/mol. The molecule has 0 saturated carbocycles. The molecule has 142 valence electrons. The first-order valence-corrected chi connectivity index (χ1v) is 10.4. The van der Waals surface area contributed by atoms with E-state index in [0.29, 0.717) is 0 Å². The molecule has 3 aliphatic rings. The summed E-state index contributed by atoms with van der Waals surface area (Å²) in [6.45, 7) is 22.8. The normalized spacial score (nSPS) is 28.5. The van der Waals surface area contributed by atoms with Crippen LogP contribution >= 0.6 is 0 Å². The molecule has 0 fully saturated rings. The highest BCUT2D eigenvalue weighted by molar-refractivity contribution is 5.65. The molecule has 0 radical (unpaired) electrons. The summed E-state index contributed by atoms with van der Waals surface area (Å²) in [5.41, 5.74) is 6.58. The summed E-state index contributed by atoms with van der Waals surface area (Å²) in [7, 11) is 0. The summed E-state index contributed by atoms with van der Waals surface area (Å²) >= 11 is 0. The number of benzene rings is 2. The van der Waals surface area contributed by atoms with Gasteiger partial charge in [-0.1, -0.05) is 118 Å². The maximum atomic E-state index is 2.47. The molecule has 0 heteroatoms. The summed E-state index contributed by atoms with van der Waals surface area (Å²) in [4.78, 5) is 0. The summed E-state index contributed by atoms with van der Waals surface area (Å²) in [5.74, 6) is 0. The van der Waals surface area contributed by atoms with Gasteiger partial charge in [-0.2, -0.15) is 0 Å². The fourth-order valence-electron chi connectivity index (χ4n) is 5.60. The maximum absolute atomic E-state index is 2.47. The van der Waals surface area contributed by atoms with Gasteiger partial charge in [0.25, 0.3) is 0 Å². The molecule has 0 amide bonds. The third kappa shape index (κ3) is 2.02. The minimum Gasteiger partial charge on any atom is -0.0683 e. The average molecular weight is 351 g/mol. The first kappa shape index (κ1) is 20.7. The zero-order valence-electron chi connectivity index (χ0n) is 18.6. The lowest BCUT2D eigenvalue weighted by atomic mass is 9.32. The third-order valence-corrected chi connectivity index (χ3v) is 8.07. The molecular weight excluding hydrogens is 312 g/mol. The van der Waals surface area contributed by atoms with Gasteiger partial charge in [0.2, 0.25) is 0 Å². The Morgan fingerprint density at radius 1 is 0.423 bits per heavy atom. The van der Waals surface area contributed by atoms with Crippen molar-refractivity contribution >= 4 is 0 Å². The number of rotatable bonds is 0. The molecule has 0 heterocycles. The predicted octanol–water partition coefficient (Wildman–Crippen LogP) is 7.73. The average Bonchev–Trinajstić information content (AvgIpc) is 2.68. The van der Waals surface area contributed by atoms with Crippen molar-refractivity contribution in [3.8, 4) is 0 Å². The summed E-state index contributed by atoms with van der Waals surface area (Å²) in [6.07, 6.45) is 0. The number of fused-ring (bicyclic) bond motifs is 1. The molecule has 0 spiro atoms. The minimum atomic E-state index is 0.0570. The van der Waals surface area contributed by atoms with Crippen LogP contribution in [0.3, 0.4) is 0 Å². The molecule has 0 saturated heterocycles. The third-order valence-electron chi connectivity index (χ3n) is 8.07. The Morgan fingerprint density at radius 3 is 0.808 bits per heavy atom. The van der Waals surface area contributed by atoms with Crippen molar-refractivity contribution in [1.82, 2.24) is 0 Å². The van der Waals surface area contributed by atoms with E-state index < -0.39 is 0 Å². The summed E-state index contributed by atoms with van der Waals surface area (Å²) < 4.78 is 0. The molecule has 0 atom stereocenters. The molecule has 0 aromatic heterocycles. The monoisotopic (exact) mass is 350 g/mol. The van der Waals surface area contributed by atoms with Gasteiger partial charge in [0.05, 0.1) is 0 Å². The van der Waals surface area contributed by atoms with Crippen LogP contribution in [0.4, 0.5) is 0 Å². The molecule has 2 aromatic carbocycles. The molecule has 0 N–H and O–H groups in total. The number of hydrogen-bond acceptors (Lipinski definition) is 0. The van der Waals surface area contributed by atoms with Crippen molar-refractivity contribution in [2.45, 2.75) is 80.1 Å². The van der Waals surface area contributed by atoms with E-state index in [2.05, 4.69) is 90.1 Å². The lowest BCUT2D eigenvalue weighted by Gasteiger charge is -2.70. The highest BCUT2D eigenvalue weighted by atomic mass is 14.7. The lowest BCUT2D eigenvalue weighted by molar-refractivity contribution is -0.0449. The van der Waals surface area contributed by atoms with Crippen LogP contribution in [0.2, 0.25) is 0 Å². The fourth-order valence-corrected chi connectivity index (χ4v) is 5.60. The van der Waals surface area contributed by atoms with E-state index >= 15 is 0 Å². The second-order valence-electron chi connectivity index (χ2n) is 8.59. The van der Waals surface area contributed by atoms with Gasteiger partial charge in [-0.3, -0.25) is 0 Å². The lowest BCUT2D eigenvalue weighted by Crippen LogP contribution is -2.66. The Balaban J connectivity index is 0.000000570. The highest BCUT2D eigenvalue weighted by Gasteiger charge is 2.69. The first-order valence-electron chi connectivity index (χ1n) is 10.4. The van der Waals surface area contributed by atoms with Gasteiger partial charge in [0.1, 0.15) is 0 Å². The van der Waals surface area contributed by atoms with Crippen molar-refractivity contribution in [3.63, 3.8) is 0 Å². The van der Waals surface area contributed by atoms with Gasteiger partial charge in [-0.15, -0.1) is 0 Å². The fraction of sp³-hybridized carbons (Fsp3) is 0.538. The Morgan fingerprint density at radius 2 is 0.615 bits per heavy atom. The highest BCUT2D eigenvalue weighted by Crippen LogP contribution is 2.73. The van der Waals surface area contributed by atoms with Crippen LogP contribution in [0.15, 0.2) is 48.5 Å². The quantitative estimate of drug-likeness (QED) is 0.456. The molecule has 2 aromatic rings. The number of hydrogen-bond donors (Lipinski definition) is 0. The van der Waals surface area contributed by atoms with Crippen LogP contribution in [0.25, 0.3) is 0 Å². The molecule has 0 nitrogen and oxygen atoms in total. The minimum absolute atomic E-state index is 0.0570. The smallest absolute Gasteiger partial charge is 0.0237 e. The SMILES string of the molecule is CC.CC.CC12c3ccccc3C(C)(c3ccccc31)C(C)(C)C2(C)C. The van der Waals surface area contributed by atoms with Crippen LogP contribution in [0, 0.1) is 10.8 Å². The van der Waals surface area contributed by atoms with Gasteiger partial charge < -0.3 is 0 Å². The molecule has 0 aliphatic heterocycles. The Hall–Kier alpha value is -1.56. The Kier molecular flexibility index (Phi) is 5.23. The Bertz CT molecular complexity index is 663. The van der Waals surface area contributed by atoms with Gasteiger partial charge in [0, 0.05) is 10.8 Å². The van der Waals surface area contributed by atoms with Crippen molar-refractivity contribution in [2.75, 3.05) is 0 Å². The van der Waals surface area contributed by atoms with Gasteiger partial charge in [-0.05, 0) is 33.1 Å². The van der Waals surface area contributed by atoms with Crippen LogP contribution in [0.5, 0.6) is 0 Å². The standard InChI is InChI=1S/C22H26.2C2H6/c1-19(2)20(3,4)22(6)17-13-9-7-11-15(17)21(19,5)16-12-8-10-14-18(16)22;2*1-2/h7-14H,1-6H3;2*1-2H3. The van der Waals surface area contributed by atoms with Crippen LogP contribution in [0.1, 0.15) is 91.5 Å². The van der Waals surface area contributed by atoms with E-state index in [1.54, 1.807) is 0 Å². The van der Waals surface area contributed by atoms with Crippen molar-refractivity contribution in [2.24, 2.45) is 10.8 Å². The van der Waals surface area contributed by atoms with E-state index in [1.165, 1.54) is 22.3 Å². The summed E-state index contributed by atoms with van der Waals surface area (Å²) in [6, 6.07) is 18.3.